The van der Waals surface area contributed by atoms with Crippen molar-refractivity contribution < 1.29 is 4.52 Å². The third-order valence-corrected chi connectivity index (χ3v) is 5.21. The van der Waals surface area contributed by atoms with Crippen LogP contribution in [0.4, 0.5) is 0 Å². The lowest BCUT2D eigenvalue weighted by atomic mass is 9.64. The van der Waals surface area contributed by atoms with Gasteiger partial charge in [0, 0.05) is 30.8 Å². The van der Waals surface area contributed by atoms with Crippen molar-refractivity contribution in [3.05, 3.63) is 47.6 Å². The molecule has 1 aliphatic carbocycles. The molecule has 0 unspecified atom stereocenters. The Kier molecular flexibility index (Phi) is 6.48. The molecule has 1 fully saturated rings. The van der Waals surface area contributed by atoms with E-state index in [1.807, 2.05) is 0 Å². The number of aliphatic imine (C=N–C) groups is 1. The molecule has 146 valence electrons. The molecule has 0 spiro atoms. The summed E-state index contributed by atoms with van der Waals surface area (Å²) in [6.45, 7) is 8.56. The van der Waals surface area contributed by atoms with E-state index in [0.29, 0.717) is 18.9 Å². The molecule has 1 heterocycles. The summed E-state index contributed by atoms with van der Waals surface area (Å²) in [5.74, 6) is 2.57. The van der Waals surface area contributed by atoms with Crippen LogP contribution in [-0.4, -0.2) is 35.7 Å². The molecule has 0 radical (unpaired) electrons. The van der Waals surface area contributed by atoms with E-state index in [1.54, 1.807) is 0 Å². The molecule has 2 aromatic rings. The summed E-state index contributed by atoms with van der Waals surface area (Å²) >= 11 is 0. The minimum atomic E-state index is 0.197. The van der Waals surface area contributed by atoms with Crippen LogP contribution >= 0.6 is 0 Å². The molecule has 0 amide bonds. The fourth-order valence-electron chi connectivity index (χ4n) is 3.40. The summed E-state index contributed by atoms with van der Waals surface area (Å²) < 4.78 is 5.30. The number of hydrogen-bond donors (Lipinski definition) is 2. The summed E-state index contributed by atoms with van der Waals surface area (Å²) in [5.41, 5.74) is 1.60. The van der Waals surface area contributed by atoms with Crippen molar-refractivity contribution >= 4 is 5.96 Å². The Morgan fingerprint density at radius 1 is 1.22 bits per heavy atom. The Morgan fingerprint density at radius 2 is 2.00 bits per heavy atom. The zero-order valence-electron chi connectivity index (χ0n) is 16.7. The van der Waals surface area contributed by atoms with Gasteiger partial charge >= 0.3 is 0 Å². The van der Waals surface area contributed by atoms with Crippen LogP contribution in [0.15, 0.2) is 39.8 Å². The molecule has 1 aliphatic rings. The molecule has 2 N–H and O–H groups in total. The van der Waals surface area contributed by atoms with Crippen LogP contribution < -0.4 is 10.6 Å². The second-order valence-corrected chi connectivity index (χ2v) is 7.57. The third-order valence-electron chi connectivity index (χ3n) is 5.21. The summed E-state index contributed by atoms with van der Waals surface area (Å²) in [4.78, 5) is 9.30. The maximum Gasteiger partial charge on any atom is 0.228 e. The van der Waals surface area contributed by atoms with Crippen LogP contribution in [0.3, 0.4) is 0 Å². The van der Waals surface area contributed by atoms with Crippen molar-refractivity contribution in [3.8, 4) is 0 Å². The first-order valence-corrected chi connectivity index (χ1v) is 10.0. The molecular weight excluding hydrogens is 338 g/mol. The molecule has 0 saturated heterocycles. The van der Waals surface area contributed by atoms with Gasteiger partial charge in [-0.2, -0.15) is 4.98 Å². The number of hydrogen-bond acceptors (Lipinski definition) is 4. The van der Waals surface area contributed by atoms with Crippen molar-refractivity contribution in [2.75, 3.05) is 19.6 Å². The fourth-order valence-corrected chi connectivity index (χ4v) is 3.40. The topological polar surface area (TPSA) is 75.3 Å². The average Bonchev–Trinajstić information content (AvgIpc) is 3.11. The van der Waals surface area contributed by atoms with E-state index in [9.17, 15) is 0 Å². The van der Waals surface area contributed by atoms with Crippen molar-refractivity contribution in [1.82, 2.24) is 20.8 Å². The van der Waals surface area contributed by atoms with Gasteiger partial charge < -0.3 is 15.2 Å². The quantitative estimate of drug-likeness (QED) is 0.551. The first-order valence-electron chi connectivity index (χ1n) is 10.0. The van der Waals surface area contributed by atoms with Crippen LogP contribution in [0.1, 0.15) is 63.2 Å². The van der Waals surface area contributed by atoms with Gasteiger partial charge in [-0.25, -0.2) is 0 Å². The molecule has 6 nitrogen and oxygen atoms in total. The summed E-state index contributed by atoms with van der Waals surface area (Å²) in [6, 6.07) is 10.8. The molecule has 1 aromatic heterocycles. The molecule has 27 heavy (non-hydrogen) atoms. The van der Waals surface area contributed by atoms with Crippen LogP contribution in [-0.2, 0) is 11.8 Å². The van der Waals surface area contributed by atoms with Gasteiger partial charge in [0.25, 0.3) is 0 Å². The summed E-state index contributed by atoms with van der Waals surface area (Å²) in [5, 5.41) is 10.7. The van der Waals surface area contributed by atoms with Gasteiger partial charge in [0.05, 0.1) is 6.54 Å². The van der Waals surface area contributed by atoms with Gasteiger partial charge in [0.1, 0.15) is 0 Å². The van der Waals surface area contributed by atoms with E-state index in [0.717, 1.165) is 24.9 Å². The standard InChI is InChI=1S/C21H31N5O/c1-4-22-20(23-14-11-18-25-19(16(2)3)26-27-18)24-15-21(12-8-13-21)17-9-6-5-7-10-17/h5-7,9-10,16H,4,8,11-15H2,1-3H3,(H2,22,23,24). The van der Waals surface area contributed by atoms with E-state index in [-0.39, 0.29) is 11.3 Å². The van der Waals surface area contributed by atoms with Gasteiger partial charge in [-0.1, -0.05) is 55.8 Å². The van der Waals surface area contributed by atoms with E-state index < -0.39 is 0 Å². The number of nitrogens with one attached hydrogen (secondary N) is 2. The van der Waals surface area contributed by atoms with Gasteiger partial charge in [0.15, 0.2) is 11.8 Å². The van der Waals surface area contributed by atoms with Gasteiger partial charge in [-0.05, 0) is 25.3 Å². The second kappa shape index (κ2) is 9.02. The second-order valence-electron chi connectivity index (χ2n) is 7.57. The van der Waals surface area contributed by atoms with Crippen molar-refractivity contribution in [2.24, 2.45) is 4.99 Å². The number of nitrogens with zero attached hydrogens (tertiary/aromatic N) is 3. The summed E-state index contributed by atoms with van der Waals surface area (Å²) in [6.07, 6.45) is 4.39. The highest BCUT2D eigenvalue weighted by Gasteiger charge is 2.38. The maximum atomic E-state index is 5.30. The summed E-state index contributed by atoms with van der Waals surface area (Å²) in [7, 11) is 0. The predicted octanol–water partition coefficient (Wildman–Crippen LogP) is 3.41. The monoisotopic (exact) mass is 369 g/mol. The molecule has 3 rings (SSSR count). The maximum absolute atomic E-state index is 5.30. The van der Waals surface area contributed by atoms with Crippen LogP contribution in [0.25, 0.3) is 0 Å². The number of rotatable bonds is 8. The Hall–Kier alpha value is -2.37. The Labute approximate surface area is 161 Å². The average molecular weight is 370 g/mol. The lowest BCUT2D eigenvalue weighted by molar-refractivity contribution is 0.253. The fraction of sp³-hybridized carbons (Fsp3) is 0.571. The lowest BCUT2D eigenvalue weighted by Gasteiger charge is -2.41. The SMILES string of the molecule is CCNC(=NCC1(c2ccccc2)CCC1)NCCc1nc(C(C)C)no1. The van der Waals surface area contributed by atoms with Crippen LogP contribution in [0.2, 0.25) is 0 Å². The minimum absolute atomic E-state index is 0.197. The number of guanidine groups is 1. The Bertz CT molecular complexity index is 734. The van der Waals surface area contributed by atoms with Crippen molar-refractivity contribution in [1.29, 1.82) is 0 Å². The number of aromatic nitrogens is 2. The zero-order valence-corrected chi connectivity index (χ0v) is 16.7. The minimum Gasteiger partial charge on any atom is -0.357 e. The highest BCUT2D eigenvalue weighted by Crippen LogP contribution is 2.43. The predicted molar refractivity (Wildman–Crippen MR) is 108 cm³/mol. The van der Waals surface area contributed by atoms with Gasteiger partial charge in [-0.15, -0.1) is 0 Å². The van der Waals surface area contributed by atoms with E-state index in [4.69, 9.17) is 9.52 Å². The van der Waals surface area contributed by atoms with Crippen molar-refractivity contribution in [3.63, 3.8) is 0 Å². The highest BCUT2D eigenvalue weighted by atomic mass is 16.5. The normalized spacial score (nSPS) is 16.2. The largest absolute Gasteiger partial charge is 0.357 e. The Balaban J connectivity index is 1.57. The third kappa shape index (κ3) is 4.87. The first kappa shape index (κ1) is 19.4. The van der Waals surface area contributed by atoms with Gasteiger partial charge in [0.2, 0.25) is 5.89 Å². The number of benzene rings is 1. The van der Waals surface area contributed by atoms with Crippen LogP contribution in [0, 0.1) is 0 Å². The molecule has 0 atom stereocenters. The first-order chi connectivity index (χ1) is 13.1. The van der Waals surface area contributed by atoms with Gasteiger partial charge in [-0.3, -0.25) is 4.99 Å². The molecule has 1 aromatic carbocycles. The van der Waals surface area contributed by atoms with E-state index >= 15 is 0 Å². The lowest BCUT2D eigenvalue weighted by Crippen LogP contribution is -2.42. The molecule has 1 saturated carbocycles. The molecule has 0 aliphatic heterocycles. The molecular formula is C21H31N5O. The zero-order chi connectivity index (χ0) is 19.1. The van der Waals surface area contributed by atoms with E-state index in [2.05, 4.69) is 71.9 Å². The van der Waals surface area contributed by atoms with Crippen molar-refractivity contribution in [2.45, 2.75) is 57.8 Å². The highest BCUT2D eigenvalue weighted by molar-refractivity contribution is 5.79. The van der Waals surface area contributed by atoms with Crippen LogP contribution in [0.5, 0.6) is 0 Å². The van der Waals surface area contributed by atoms with E-state index in [1.165, 1.54) is 24.8 Å². The molecule has 6 heteroatoms. The Morgan fingerprint density at radius 3 is 2.59 bits per heavy atom. The smallest absolute Gasteiger partial charge is 0.228 e. The molecule has 0 bridgehead atoms.